The van der Waals surface area contributed by atoms with E-state index >= 15 is 0 Å². The van der Waals surface area contributed by atoms with Crippen LogP contribution in [0.1, 0.15) is 30.4 Å². The number of ether oxygens (including phenoxy) is 1. The topological polar surface area (TPSA) is 84.5 Å². The Morgan fingerprint density at radius 1 is 1.07 bits per heavy atom. The van der Waals surface area contributed by atoms with Gasteiger partial charge in [-0.15, -0.1) is 0 Å². The molecule has 28 heavy (non-hydrogen) atoms. The van der Waals surface area contributed by atoms with Gasteiger partial charge in [0.25, 0.3) is 0 Å². The van der Waals surface area contributed by atoms with E-state index in [4.69, 9.17) is 4.74 Å². The number of sulfonamides is 1. The Labute approximate surface area is 172 Å². The van der Waals surface area contributed by atoms with Crippen molar-refractivity contribution in [3.8, 4) is 0 Å². The minimum atomic E-state index is -3.83. The maximum atomic E-state index is 12.7. The van der Waals surface area contributed by atoms with E-state index in [0.717, 1.165) is 17.5 Å². The maximum Gasteiger partial charge on any atom is 0.324 e. The fourth-order valence-corrected chi connectivity index (χ4v) is 3.96. The van der Waals surface area contributed by atoms with Gasteiger partial charge in [0.05, 0.1) is 4.90 Å². The van der Waals surface area contributed by atoms with Gasteiger partial charge in [0.15, 0.2) is 0 Å². The molecular weight excluding hydrogens is 396 g/mol. The zero-order chi connectivity index (χ0) is 20.4. The van der Waals surface area contributed by atoms with Crippen LogP contribution >= 0.6 is 12.8 Å². The molecule has 0 saturated carbocycles. The molecule has 152 valence electrons. The predicted molar refractivity (Wildman–Crippen MR) is 112 cm³/mol. The first-order valence-electron chi connectivity index (χ1n) is 9.09. The Hall–Kier alpha value is -1.87. The van der Waals surface area contributed by atoms with Crippen molar-refractivity contribution in [2.75, 3.05) is 6.54 Å². The number of benzene rings is 2. The van der Waals surface area contributed by atoms with Crippen molar-refractivity contribution in [2.45, 2.75) is 43.7 Å². The third-order valence-electron chi connectivity index (χ3n) is 4.17. The minimum Gasteiger partial charge on any atom is -0.460 e. The second kappa shape index (κ2) is 11.2. The molecule has 0 aromatic heterocycles. The number of rotatable bonds is 11. The number of aryl methyl sites for hydroxylation is 1. The van der Waals surface area contributed by atoms with Crippen LogP contribution in [0, 0.1) is 6.92 Å². The summed E-state index contributed by atoms with van der Waals surface area (Å²) in [6, 6.07) is 14.8. The molecule has 6 nitrogen and oxygen atoms in total. The molecule has 0 heterocycles. The summed E-state index contributed by atoms with van der Waals surface area (Å²) in [5.41, 5.74) is 1.80. The molecule has 0 radical (unpaired) electrons. The lowest BCUT2D eigenvalue weighted by Gasteiger charge is -2.18. The molecule has 0 aliphatic heterocycles. The Morgan fingerprint density at radius 3 is 2.39 bits per heavy atom. The number of nitrogens with one attached hydrogen (secondary N) is 2. The van der Waals surface area contributed by atoms with Crippen molar-refractivity contribution in [2.24, 2.45) is 0 Å². The average Bonchev–Trinajstić information content (AvgIpc) is 2.69. The minimum absolute atomic E-state index is 0.0978. The van der Waals surface area contributed by atoms with Crippen LogP contribution in [-0.2, 0) is 26.2 Å². The van der Waals surface area contributed by atoms with E-state index in [9.17, 15) is 13.2 Å². The molecule has 0 aliphatic carbocycles. The molecule has 0 spiro atoms. The Bertz CT molecular complexity index is 840. The summed E-state index contributed by atoms with van der Waals surface area (Å²) in [6.07, 6.45) is 1.75. The van der Waals surface area contributed by atoms with Crippen LogP contribution in [0.15, 0.2) is 59.5 Å². The van der Waals surface area contributed by atoms with E-state index in [-0.39, 0.29) is 11.5 Å². The van der Waals surface area contributed by atoms with Crippen molar-refractivity contribution in [3.63, 3.8) is 0 Å². The molecule has 2 rings (SSSR count). The molecule has 0 saturated heterocycles. The maximum absolute atomic E-state index is 12.7. The van der Waals surface area contributed by atoms with Crippen LogP contribution in [0.3, 0.4) is 0 Å². The van der Waals surface area contributed by atoms with E-state index in [1.807, 2.05) is 37.3 Å². The first-order chi connectivity index (χ1) is 13.4. The van der Waals surface area contributed by atoms with Crippen LogP contribution in [0.25, 0.3) is 0 Å². The van der Waals surface area contributed by atoms with Gasteiger partial charge in [0, 0.05) is 6.54 Å². The zero-order valence-corrected chi connectivity index (χ0v) is 17.5. The highest BCUT2D eigenvalue weighted by molar-refractivity contribution is 7.89. The summed E-state index contributed by atoms with van der Waals surface area (Å²) in [7, 11) is -3.83. The Morgan fingerprint density at radius 2 is 1.75 bits per heavy atom. The van der Waals surface area contributed by atoms with Gasteiger partial charge in [0.1, 0.15) is 12.6 Å². The van der Waals surface area contributed by atoms with Crippen LogP contribution in [0.4, 0.5) is 0 Å². The lowest BCUT2D eigenvalue weighted by molar-refractivity contribution is -0.147. The largest absolute Gasteiger partial charge is 0.460 e. The van der Waals surface area contributed by atoms with Gasteiger partial charge in [0.2, 0.25) is 10.0 Å². The predicted octanol–water partition coefficient (Wildman–Crippen LogP) is 2.99. The van der Waals surface area contributed by atoms with Gasteiger partial charge in [-0.25, -0.2) is 8.42 Å². The summed E-state index contributed by atoms with van der Waals surface area (Å²) in [5.74, 6) is -0.585. The SMILES string of the molecule is Cc1ccc(S(=O)(=O)N[C@@H](CCCCNS)C(=O)OCc2ccccc2)cc1. The molecule has 1 atom stereocenters. The smallest absolute Gasteiger partial charge is 0.324 e. The van der Waals surface area contributed by atoms with E-state index in [1.54, 1.807) is 12.1 Å². The van der Waals surface area contributed by atoms with E-state index < -0.39 is 22.0 Å². The molecule has 8 heteroatoms. The summed E-state index contributed by atoms with van der Waals surface area (Å²) in [5, 5.41) is 0. The van der Waals surface area contributed by atoms with E-state index in [2.05, 4.69) is 22.3 Å². The van der Waals surface area contributed by atoms with Crippen LogP contribution in [-0.4, -0.2) is 27.0 Å². The average molecular weight is 423 g/mol. The summed E-state index contributed by atoms with van der Waals surface area (Å²) in [6.45, 7) is 2.64. The lowest BCUT2D eigenvalue weighted by Crippen LogP contribution is -2.41. The normalized spacial score (nSPS) is 12.5. The third kappa shape index (κ3) is 7.27. The third-order valence-corrected chi connectivity index (χ3v) is 5.88. The van der Waals surface area contributed by atoms with E-state index in [1.165, 1.54) is 12.1 Å². The molecule has 0 aliphatic rings. The lowest BCUT2D eigenvalue weighted by atomic mass is 10.1. The van der Waals surface area contributed by atoms with Gasteiger partial charge >= 0.3 is 5.97 Å². The van der Waals surface area contributed by atoms with Gasteiger partial charge in [-0.1, -0.05) is 60.8 Å². The number of unbranched alkanes of at least 4 members (excludes halogenated alkanes) is 1. The number of hydrogen-bond acceptors (Lipinski definition) is 6. The molecule has 0 amide bonds. The zero-order valence-electron chi connectivity index (χ0n) is 15.8. The molecule has 0 unspecified atom stereocenters. The van der Waals surface area contributed by atoms with Crippen molar-refractivity contribution in [3.05, 3.63) is 65.7 Å². The van der Waals surface area contributed by atoms with Crippen LogP contribution in [0.5, 0.6) is 0 Å². The molecule has 2 N–H and O–H groups in total. The summed E-state index contributed by atoms with van der Waals surface area (Å²) >= 11 is 3.93. The highest BCUT2D eigenvalue weighted by Crippen LogP contribution is 2.14. The highest BCUT2D eigenvalue weighted by atomic mass is 32.2. The Kier molecular flexibility index (Phi) is 8.98. The van der Waals surface area contributed by atoms with Crippen molar-refractivity contribution in [1.82, 2.24) is 9.44 Å². The first-order valence-corrected chi connectivity index (χ1v) is 11.0. The fraction of sp³-hybridized carbons (Fsp3) is 0.350. The Balaban J connectivity index is 2.06. The molecule has 0 bridgehead atoms. The number of carbonyl (C=O) groups excluding carboxylic acids is 1. The highest BCUT2D eigenvalue weighted by Gasteiger charge is 2.26. The standard InChI is InChI=1S/C20H26N2O4S2/c1-16-10-12-18(13-11-16)28(24,25)22-19(9-5-6-14-21-27)20(23)26-15-17-7-3-2-4-8-17/h2-4,7-8,10-13,19,21-22,27H,5-6,9,14-15H2,1H3/t19-/m0/s1. The van der Waals surface area contributed by atoms with Gasteiger partial charge in [-0.2, -0.15) is 4.72 Å². The number of hydrogen-bond donors (Lipinski definition) is 3. The molecule has 2 aromatic carbocycles. The second-order valence-electron chi connectivity index (χ2n) is 6.48. The van der Waals surface area contributed by atoms with Crippen LogP contribution in [0.2, 0.25) is 0 Å². The monoisotopic (exact) mass is 422 g/mol. The van der Waals surface area contributed by atoms with Gasteiger partial charge in [-0.3, -0.25) is 9.52 Å². The number of carbonyl (C=O) groups is 1. The summed E-state index contributed by atoms with van der Waals surface area (Å²) in [4.78, 5) is 12.7. The molecule has 2 aromatic rings. The van der Waals surface area contributed by atoms with E-state index in [0.29, 0.717) is 19.4 Å². The summed E-state index contributed by atoms with van der Waals surface area (Å²) < 4.78 is 35.9. The van der Waals surface area contributed by atoms with Crippen molar-refractivity contribution in [1.29, 1.82) is 0 Å². The first kappa shape index (κ1) is 22.4. The van der Waals surface area contributed by atoms with Crippen molar-refractivity contribution < 1.29 is 17.9 Å². The number of esters is 1. The van der Waals surface area contributed by atoms with Gasteiger partial charge < -0.3 is 4.74 Å². The second-order valence-corrected chi connectivity index (χ2v) is 8.51. The quantitative estimate of drug-likeness (QED) is 0.295. The van der Waals surface area contributed by atoms with Gasteiger partial charge in [-0.05, 0) is 43.9 Å². The fourth-order valence-electron chi connectivity index (χ4n) is 2.58. The van der Waals surface area contributed by atoms with Crippen LogP contribution < -0.4 is 9.44 Å². The number of thiol groups is 1. The van der Waals surface area contributed by atoms with Crippen molar-refractivity contribution >= 4 is 28.8 Å². The molecule has 0 fully saturated rings. The molecular formula is C20H26N2O4S2.